The number of methoxy groups -OCH3 is 1. The molecule has 128 valence electrons. The van der Waals surface area contributed by atoms with E-state index in [0.29, 0.717) is 11.1 Å². The highest BCUT2D eigenvalue weighted by Crippen LogP contribution is 2.14. The second-order valence-corrected chi connectivity index (χ2v) is 5.28. The Labute approximate surface area is 149 Å². The highest BCUT2D eigenvalue weighted by atomic mass is 35.5. The minimum absolute atomic E-state index is 0.256. The van der Waals surface area contributed by atoms with Crippen molar-refractivity contribution >= 4 is 35.5 Å². The molecule has 2 rings (SSSR count). The Morgan fingerprint density at radius 1 is 1.00 bits per heavy atom. The molecule has 25 heavy (non-hydrogen) atoms. The number of rotatable bonds is 4. The summed E-state index contributed by atoms with van der Waals surface area (Å²) in [6.07, 6.45) is 2.79. The summed E-state index contributed by atoms with van der Waals surface area (Å²) in [6, 6.07) is 13.0. The van der Waals surface area contributed by atoms with Gasteiger partial charge in [0.1, 0.15) is 0 Å². The van der Waals surface area contributed by atoms with Crippen molar-refractivity contribution in [1.29, 1.82) is 0 Å². The van der Waals surface area contributed by atoms with Gasteiger partial charge in [0.15, 0.2) is 0 Å². The van der Waals surface area contributed by atoms with Crippen molar-refractivity contribution in [1.82, 2.24) is 10.9 Å². The summed E-state index contributed by atoms with van der Waals surface area (Å²) < 4.78 is 4.60. The fraction of sp³-hybridized carbons (Fsp3) is 0.0556. The third-order valence-corrected chi connectivity index (χ3v) is 3.51. The quantitative estimate of drug-likeness (QED) is 0.500. The number of carbonyl (C=O) groups excluding carboxylic acids is 3. The van der Waals surface area contributed by atoms with Crippen molar-refractivity contribution in [3.63, 3.8) is 0 Å². The van der Waals surface area contributed by atoms with E-state index in [1.807, 2.05) is 0 Å². The lowest BCUT2D eigenvalue weighted by atomic mass is 10.1. The first-order valence-corrected chi connectivity index (χ1v) is 7.60. The smallest absolute Gasteiger partial charge is 0.337 e. The SMILES string of the molecule is COC(=O)c1ccc(/C=C/C(=O)NNC(=O)c2ccccc2Cl)cc1. The van der Waals surface area contributed by atoms with Crippen LogP contribution in [-0.2, 0) is 9.53 Å². The number of esters is 1. The molecule has 0 bridgehead atoms. The molecule has 2 aromatic carbocycles. The van der Waals surface area contributed by atoms with Gasteiger partial charge < -0.3 is 4.74 Å². The van der Waals surface area contributed by atoms with Crippen molar-refractivity contribution in [2.75, 3.05) is 7.11 Å². The zero-order chi connectivity index (χ0) is 18.2. The first-order chi connectivity index (χ1) is 12.0. The van der Waals surface area contributed by atoms with E-state index in [1.54, 1.807) is 48.5 Å². The fourth-order valence-corrected chi connectivity index (χ4v) is 2.11. The van der Waals surface area contributed by atoms with Crippen molar-refractivity contribution in [2.24, 2.45) is 0 Å². The third-order valence-electron chi connectivity index (χ3n) is 3.18. The highest BCUT2D eigenvalue weighted by Gasteiger charge is 2.09. The molecule has 0 saturated heterocycles. The van der Waals surface area contributed by atoms with Gasteiger partial charge in [-0.1, -0.05) is 35.9 Å². The van der Waals surface area contributed by atoms with Crippen LogP contribution in [0, 0.1) is 0 Å². The Hall–Kier alpha value is -3.12. The largest absolute Gasteiger partial charge is 0.465 e. The first-order valence-electron chi connectivity index (χ1n) is 7.22. The molecule has 2 amide bonds. The van der Waals surface area contributed by atoms with Crippen LogP contribution in [0.3, 0.4) is 0 Å². The molecule has 0 heterocycles. The maximum Gasteiger partial charge on any atom is 0.337 e. The molecule has 2 N–H and O–H groups in total. The van der Waals surface area contributed by atoms with E-state index in [9.17, 15) is 14.4 Å². The number of halogens is 1. The van der Waals surface area contributed by atoms with Gasteiger partial charge in [0.05, 0.1) is 23.3 Å². The standard InChI is InChI=1S/C18H15ClN2O4/c1-25-18(24)13-9-6-12(7-10-13)8-11-16(22)20-21-17(23)14-4-2-3-5-15(14)19/h2-11H,1H3,(H,20,22)(H,21,23)/b11-8+. The molecule has 0 saturated carbocycles. The molecule has 0 atom stereocenters. The fourth-order valence-electron chi connectivity index (χ4n) is 1.89. The highest BCUT2D eigenvalue weighted by molar-refractivity contribution is 6.33. The maximum absolute atomic E-state index is 11.9. The van der Waals surface area contributed by atoms with Crippen molar-refractivity contribution in [3.05, 3.63) is 76.3 Å². The lowest BCUT2D eigenvalue weighted by Gasteiger charge is -2.06. The first kappa shape index (κ1) is 18.2. The zero-order valence-corrected chi connectivity index (χ0v) is 14.0. The van der Waals surface area contributed by atoms with E-state index >= 15 is 0 Å². The van der Waals surface area contributed by atoms with E-state index in [4.69, 9.17) is 11.6 Å². The Bertz CT molecular complexity index is 816. The Morgan fingerprint density at radius 3 is 2.32 bits per heavy atom. The third kappa shape index (κ3) is 5.19. The van der Waals surface area contributed by atoms with Crippen LogP contribution in [0.25, 0.3) is 6.08 Å². The van der Waals surface area contributed by atoms with Gasteiger partial charge >= 0.3 is 5.97 Å². The number of hydrogen-bond donors (Lipinski definition) is 2. The Kier molecular flexibility index (Phi) is 6.31. The van der Waals surface area contributed by atoms with Gasteiger partial charge in [-0.3, -0.25) is 20.4 Å². The van der Waals surface area contributed by atoms with Gasteiger partial charge in [0, 0.05) is 6.08 Å². The van der Waals surface area contributed by atoms with Crippen LogP contribution in [0.1, 0.15) is 26.3 Å². The maximum atomic E-state index is 11.9. The molecule has 0 aromatic heterocycles. The molecule has 0 spiro atoms. The molecular weight excluding hydrogens is 344 g/mol. The van der Waals surface area contributed by atoms with Crippen molar-refractivity contribution in [2.45, 2.75) is 0 Å². The monoisotopic (exact) mass is 358 g/mol. The van der Waals surface area contributed by atoms with Gasteiger partial charge in [-0.2, -0.15) is 0 Å². The molecule has 0 radical (unpaired) electrons. The predicted octanol–water partition coefficient (Wildman–Crippen LogP) is 2.60. The number of hydrazine groups is 1. The summed E-state index contributed by atoms with van der Waals surface area (Å²) >= 11 is 5.90. The number of hydrogen-bond acceptors (Lipinski definition) is 4. The minimum atomic E-state index is -0.519. The number of amides is 2. The van der Waals surface area contributed by atoms with Gasteiger partial charge in [-0.05, 0) is 35.9 Å². The number of ether oxygens (including phenoxy) is 1. The Balaban J connectivity index is 1.89. The number of benzene rings is 2. The zero-order valence-electron chi connectivity index (χ0n) is 13.3. The van der Waals surface area contributed by atoms with E-state index in [-0.39, 0.29) is 10.6 Å². The second kappa shape index (κ2) is 8.65. The van der Waals surface area contributed by atoms with Gasteiger partial charge in [-0.15, -0.1) is 0 Å². The summed E-state index contributed by atoms with van der Waals surface area (Å²) in [4.78, 5) is 35.0. The van der Waals surface area contributed by atoms with Crippen LogP contribution in [0.5, 0.6) is 0 Å². The molecular formula is C18H15ClN2O4. The summed E-state index contributed by atoms with van der Waals surface area (Å²) in [7, 11) is 1.30. The van der Waals surface area contributed by atoms with Crippen LogP contribution in [-0.4, -0.2) is 24.9 Å². The van der Waals surface area contributed by atoms with Crippen LogP contribution in [0.2, 0.25) is 5.02 Å². The van der Waals surface area contributed by atoms with E-state index < -0.39 is 17.8 Å². The van der Waals surface area contributed by atoms with Crippen LogP contribution in [0.15, 0.2) is 54.6 Å². The molecule has 0 fully saturated rings. The lowest BCUT2D eigenvalue weighted by Crippen LogP contribution is -2.40. The normalized spacial score (nSPS) is 10.3. The lowest BCUT2D eigenvalue weighted by molar-refractivity contribution is -0.117. The average Bonchev–Trinajstić information content (AvgIpc) is 2.64. The summed E-state index contributed by atoms with van der Waals surface area (Å²) in [5.41, 5.74) is 5.91. The molecule has 2 aromatic rings. The molecule has 0 aliphatic heterocycles. The van der Waals surface area contributed by atoms with Crippen LogP contribution >= 0.6 is 11.6 Å². The predicted molar refractivity (Wildman–Crippen MR) is 93.9 cm³/mol. The summed E-state index contributed by atoms with van der Waals surface area (Å²) in [5.74, 6) is -1.47. The van der Waals surface area contributed by atoms with Crippen molar-refractivity contribution in [3.8, 4) is 0 Å². The average molecular weight is 359 g/mol. The number of nitrogens with one attached hydrogen (secondary N) is 2. The van der Waals surface area contributed by atoms with E-state index in [0.717, 1.165) is 0 Å². The number of carbonyl (C=O) groups is 3. The summed E-state index contributed by atoms with van der Waals surface area (Å²) in [5, 5.41) is 0.287. The van der Waals surface area contributed by atoms with E-state index in [2.05, 4.69) is 15.6 Å². The van der Waals surface area contributed by atoms with Crippen molar-refractivity contribution < 1.29 is 19.1 Å². The second-order valence-electron chi connectivity index (χ2n) is 4.87. The summed E-state index contributed by atoms with van der Waals surface area (Å²) in [6.45, 7) is 0. The van der Waals surface area contributed by atoms with Gasteiger partial charge in [0.2, 0.25) is 0 Å². The topological polar surface area (TPSA) is 84.5 Å². The molecule has 7 heteroatoms. The van der Waals surface area contributed by atoms with E-state index in [1.165, 1.54) is 19.3 Å². The van der Waals surface area contributed by atoms with Crippen LogP contribution < -0.4 is 10.9 Å². The molecule has 0 aliphatic rings. The van der Waals surface area contributed by atoms with Gasteiger partial charge in [-0.25, -0.2) is 4.79 Å². The van der Waals surface area contributed by atoms with Gasteiger partial charge in [0.25, 0.3) is 11.8 Å². The Morgan fingerprint density at radius 2 is 1.68 bits per heavy atom. The molecule has 6 nitrogen and oxygen atoms in total. The molecule has 0 unspecified atom stereocenters. The molecule has 0 aliphatic carbocycles. The van der Waals surface area contributed by atoms with Crippen LogP contribution in [0.4, 0.5) is 0 Å². The minimum Gasteiger partial charge on any atom is -0.465 e.